The van der Waals surface area contributed by atoms with E-state index in [1.54, 1.807) is 17.0 Å². The molecule has 3 heterocycles. The zero-order valence-electron chi connectivity index (χ0n) is 16.2. The maximum Gasteiger partial charge on any atom is 0.243 e. The number of ether oxygens (including phenoxy) is 1. The number of sulfone groups is 1. The maximum absolute atomic E-state index is 13.4. The molecular weight excluding hydrogens is 416 g/mol. The van der Waals surface area contributed by atoms with Gasteiger partial charge in [0, 0.05) is 37.8 Å². The van der Waals surface area contributed by atoms with Gasteiger partial charge in [0.2, 0.25) is 15.9 Å². The summed E-state index contributed by atoms with van der Waals surface area (Å²) in [7, 11) is -7.12. The van der Waals surface area contributed by atoms with Crippen molar-refractivity contribution < 1.29 is 26.4 Å². The fourth-order valence-electron chi connectivity index (χ4n) is 4.29. The minimum absolute atomic E-state index is 0.00518. The number of benzene rings is 1. The Kier molecular flexibility index (Phi) is 5.71. The van der Waals surface area contributed by atoms with Crippen LogP contribution < -0.4 is 4.90 Å². The first kappa shape index (κ1) is 20.8. The van der Waals surface area contributed by atoms with Gasteiger partial charge in [-0.05, 0) is 49.9 Å². The molecule has 1 amide bonds. The van der Waals surface area contributed by atoms with Crippen LogP contribution in [-0.2, 0) is 29.4 Å². The van der Waals surface area contributed by atoms with E-state index < -0.39 is 25.9 Å². The summed E-state index contributed by atoms with van der Waals surface area (Å²) < 4.78 is 57.7. The highest BCUT2D eigenvalue weighted by Crippen LogP contribution is 2.29. The predicted molar refractivity (Wildman–Crippen MR) is 108 cm³/mol. The number of sulfonamides is 1. The molecule has 4 rings (SSSR count). The van der Waals surface area contributed by atoms with E-state index in [-0.39, 0.29) is 35.0 Å². The van der Waals surface area contributed by atoms with Crippen molar-refractivity contribution in [3.8, 4) is 0 Å². The summed E-state index contributed by atoms with van der Waals surface area (Å²) in [4.78, 5) is 13.7. The Morgan fingerprint density at radius 1 is 1.14 bits per heavy atom. The molecule has 2 atom stereocenters. The average Bonchev–Trinajstić information content (AvgIpc) is 3.41. The monoisotopic (exact) mass is 442 g/mol. The number of carbonyl (C=O) groups is 1. The highest BCUT2D eigenvalue weighted by atomic mass is 32.2. The SMILES string of the molecule is O=C1CCCN1c1ccc(S(=O)(=O)N(C[C@H]2CCCO2)[C@H]2CCS(=O)(=O)C2)cc1. The standard InChI is InChI=1S/C19H26N2O6S2/c22-19-4-1-10-20(19)15-5-7-18(8-6-15)29(25,26)21(13-17-3-2-11-27-17)16-9-12-28(23,24)14-16/h5-8,16-17H,1-4,9-14H2/t16-,17+/m0/s1. The van der Waals surface area contributed by atoms with Gasteiger partial charge < -0.3 is 9.64 Å². The van der Waals surface area contributed by atoms with Crippen LogP contribution >= 0.6 is 0 Å². The van der Waals surface area contributed by atoms with Crippen molar-refractivity contribution in [2.45, 2.75) is 49.1 Å². The third-order valence-corrected chi connectivity index (χ3v) is 9.53. The molecular formula is C19H26N2O6S2. The van der Waals surface area contributed by atoms with Crippen molar-refractivity contribution in [1.29, 1.82) is 0 Å². The Labute approximate surface area is 171 Å². The van der Waals surface area contributed by atoms with E-state index in [9.17, 15) is 21.6 Å². The normalized spacial score (nSPS) is 27.2. The first-order valence-electron chi connectivity index (χ1n) is 10.0. The summed E-state index contributed by atoms with van der Waals surface area (Å²) in [5.74, 6) is -0.110. The second-order valence-electron chi connectivity index (χ2n) is 7.91. The van der Waals surface area contributed by atoms with Crippen molar-refractivity contribution >= 4 is 31.5 Å². The summed E-state index contributed by atoms with van der Waals surface area (Å²) in [6.07, 6.45) is 3.03. The van der Waals surface area contributed by atoms with E-state index in [1.807, 2.05) is 0 Å². The topological polar surface area (TPSA) is 101 Å². The van der Waals surface area contributed by atoms with Crippen molar-refractivity contribution in [3.63, 3.8) is 0 Å². The lowest BCUT2D eigenvalue weighted by Gasteiger charge is -2.29. The Morgan fingerprint density at radius 3 is 2.45 bits per heavy atom. The molecule has 3 fully saturated rings. The van der Waals surface area contributed by atoms with Gasteiger partial charge in [-0.3, -0.25) is 4.79 Å². The summed E-state index contributed by atoms with van der Waals surface area (Å²) in [5.41, 5.74) is 0.681. The lowest BCUT2D eigenvalue weighted by atomic mass is 10.2. The van der Waals surface area contributed by atoms with Gasteiger partial charge >= 0.3 is 0 Å². The summed E-state index contributed by atoms with van der Waals surface area (Å²) in [6, 6.07) is 5.72. The number of anilines is 1. The average molecular weight is 443 g/mol. The lowest BCUT2D eigenvalue weighted by Crippen LogP contribution is -2.45. The van der Waals surface area contributed by atoms with Gasteiger partial charge in [0.1, 0.15) is 0 Å². The third-order valence-electron chi connectivity index (χ3n) is 5.85. The van der Waals surface area contributed by atoms with E-state index in [4.69, 9.17) is 4.74 Å². The van der Waals surface area contributed by atoms with Gasteiger partial charge in [-0.15, -0.1) is 0 Å². The molecule has 1 aromatic carbocycles. The zero-order valence-corrected chi connectivity index (χ0v) is 17.8. The van der Waals surface area contributed by atoms with Crippen molar-refractivity contribution in [1.82, 2.24) is 4.31 Å². The number of rotatable bonds is 6. The largest absolute Gasteiger partial charge is 0.377 e. The number of nitrogens with zero attached hydrogens (tertiary/aromatic N) is 2. The Balaban J connectivity index is 1.60. The molecule has 10 heteroatoms. The second kappa shape index (κ2) is 7.98. The Morgan fingerprint density at radius 2 is 1.90 bits per heavy atom. The van der Waals surface area contributed by atoms with Gasteiger partial charge in [-0.1, -0.05) is 0 Å². The van der Waals surface area contributed by atoms with Crippen LogP contribution in [0.1, 0.15) is 32.1 Å². The maximum atomic E-state index is 13.4. The highest BCUT2D eigenvalue weighted by molar-refractivity contribution is 7.92. The molecule has 3 aliphatic heterocycles. The molecule has 29 heavy (non-hydrogen) atoms. The van der Waals surface area contributed by atoms with E-state index in [1.165, 1.54) is 16.4 Å². The Bertz CT molecular complexity index is 968. The molecule has 0 aromatic heterocycles. The first-order chi connectivity index (χ1) is 13.8. The molecule has 0 saturated carbocycles. The molecule has 0 radical (unpaired) electrons. The number of amides is 1. The smallest absolute Gasteiger partial charge is 0.243 e. The summed E-state index contributed by atoms with van der Waals surface area (Å²) in [6.45, 7) is 1.39. The quantitative estimate of drug-likeness (QED) is 0.656. The van der Waals surface area contributed by atoms with Gasteiger partial charge in [0.15, 0.2) is 9.84 Å². The minimum atomic E-state index is -3.89. The molecule has 160 valence electrons. The van der Waals surface area contributed by atoms with Crippen LogP contribution in [0.2, 0.25) is 0 Å². The molecule has 0 aliphatic carbocycles. The van der Waals surface area contributed by atoms with E-state index in [2.05, 4.69) is 0 Å². The van der Waals surface area contributed by atoms with Crippen LogP contribution in [0.3, 0.4) is 0 Å². The second-order valence-corrected chi connectivity index (χ2v) is 12.0. The van der Waals surface area contributed by atoms with Gasteiger partial charge in [0.25, 0.3) is 0 Å². The molecule has 0 bridgehead atoms. The Hall–Kier alpha value is -1.49. The number of hydrogen-bond donors (Lipinski definition) is 0. The van der Waals surface area contributed by atoms with Crippen LogP contribution in [0.4, 0.5) is 5.69 Å². The molecule has 0 spiro atoms. The first-order valence-corrected chi connectivity index (χ1v) is 13.3. The van der Waals surface area contributed by atoms with Crippen molar-refractivity contribution in [2.24, 2.45) is 0 Å². The molecule has 3 aliphatic rings. The predicted octanol–water partition coefficient (Wildman–Crippen LogP) is 1.17. The van der Waals surface area contributed by atoms with Crippen LogP contribution in [0.25, 0.3) is 0 Å². The summed E-state index contributed by atoms with van der Waals surface area (Å²) in [5, 5.41) is 0. The molecule has 0 unspecified atom stereocenters. The van der Waals surface area contributed by atoms with Crippen LogP contribution in [0, 0.1) is 0 Å². The molecule has 0 N–H and O–H groups in total. The van der Waals surface area contributed by atoms with Gasteiger partial charge in [-0.2, -0.15) is 4.31 Å². The fourth-order valence-corrected chi connectivity index (χ4v) is 7.80. The van der Waals surface area contributed by atoms with Crippen molar-refractivity contribution in [3.05, 3.63) is 24.3 Å². The molecule has 3 saturated heterocycles. The minimum Gasteiger partial charge on any atom is -0.377 e. The van der Waals surface area contributed by atoms with Crippen molar-refractivity contribution in [2.75, 3.05) is 36.1 Å². The number of hydrogen-bond acceptors (Lipinski definition) is 6. The third kappa shape index (κ3) is 4.35. The van der Waals surface area contributed by atoms with Crippen LogP contribution in [0.5, 0.6) is 0 Å². The fraction of sp³-hybridized carbons (Fsp3) is 0.632. The molecule has 8 nitrogen and oxygen atoms in total. The number of carbonyl (C=O) groups excluding carboxylic acids is 1. The highest BCUT2D eigenvalue weighted by Gasteiger charge is 2.40. The molecule has 1 aromatic rings. The van der Waals surface area contributed by atoms with E-state index >= 15 is 0 Å². The lowest BCUT2D eigenvalue weighted by molar-refractivity contribution is -0.117. The van der Waals surface area contributed by atoms with E-state index in [0.717, 1.165) is 19.3 Å². The van der Waals surface area contributed by atoms with Crippen LogP contribution in [-0.4, -0.2) is 70.4 Å². The summed E-state index contributed by atoms with van der Waals surface area (Å²) >= 11 is 0. The van der Waals surface area contributed by atoms with E-state index in [0.29, 0.717) is 31.7 Å². The van der Waals surface area contributed by atoms with Gasteiger partial charge in [0.05, 0.1) is 22.5 Å². The zero-order chi connectivity index (χ0) is 20.6. The van der Waals surface area contributed by atoms with Crippen LogP contribution in [0.15, 0.2) is 29.2 Å². The van der Waals surface area contributed by atoms with Gasteiger partial charge in [-0.25, -0.2) is 16.8 Å².